The van der Waals surface area contributed by atoms with Crippen molar-refractivity contribution < 1.29 is 9.47 Å². The van der Waals surface area contributed by atoms with Crippen LogP contribution in [0.25, 0.3) is 0 Å². The Bertz CT molecular complexity index is 410. The number of guanidine groups is 1. The highest BCUT2D eigenvalue weighted by Crippen LogP contribution is 2.16. The van der Waals surface area contributed by atoms with Gasteiger partial charge in [0.25, 0.3) is 0 Å². The van der Waals surface area contributed by atoms with Gasteiger partial charge in [0, 0.05) is 50.8 Å². The summed E-state index contributed by atoms with van der Waals surface area (Å²) in [5.41, 5.74) is 0.0436. The molecule has 0 radical (unpaired) electrons. The third kappa shape index (κ3) is 7.84. The lowest BCUT2D eigenvalue weighted by Crippen LogP contribution is -2.52. The van der Waals surface area contributed by atoms with Crippen molar-refractivity contribution in [2.75, 3.05) is 72.2 Å². The van der Waals surface area contributed by atoms with Crippen LogP contribution in [-0.2, 0) is 9.47 Å². The molecule has 1 unspecified atom stereocenters. The average Bonchev–Trinajstić information content (AvgIpc) is 2.65. The Labute approximate surface area is 176 Å². The molecule has 0 aromatic carbocycles. The Hall–Kier alpha value is -0.160. The Balaban J connectivity index is 0.00000338. The fourth-order valence-corrected chi connectivity index (χ4v) is 3.27. The van der Waals surface area contributed by atoms with Gasteiger partial charge >= 0.3 is 0 Å². The van der Waals surface area contributed by atoms with Crippen molar-refractivity contribution in [3.05, 3.63) is 0 Å². The zero-order valence-electron chi connectivity index (χ0n) is 16.9. The second-order valence-corrected chi connectivity index (χ2v) is 7.49. The highest BCUT2D eigenvalue weighted by molar-refractivity contribution is 14.0. The zero-order chi connectivity index (χ0) is 18.1. The van der Waals surface area contributed by atoms with Gasteiger partial charge in [0.15, 0.2) is 5.96 Å². The lowest BCUT2D eigenvalue weighted by molar-refractivity contribution is -0.00684. The molecule has 2 rings (SSSR count). The van der Waals surface area contributed by atoms with Crippen LogP contribution in [0.4, 0.5) is 0 Å². The first kappa shape index (κ1) is 23.9. The van der Waals surface area contributed by atoms with Gasteiger partial charge in [-0.2, -0.15) is 0 Å². The van der Waals surface area contributed by atoms with Crippen LogP contribution in [0.1, 0.15) is 27.7 Å². The SMILES string of the molecule is CCNC(=NCC(C)(C)N1CCOCC1)NCC(C)N1CCOCC1.I. The first-order valence-corrected chi connectivity index (χ1v) is 9.69. The molecule has 26 heavy (non-hydrogen) atoms. The summed E-state index contributed by atoms with van der Waals surface area (Å²) >= 11 is 0. The smallest absolute Gasteiger partial charge is 0.191 e. The topological polar surface area (TPSA) is 61.4 Å². The number of halogens is 1. The maximum atomic E-state index is 5.47. The maximum Gasteiger partial charge on any atom is 0.191 e. The first-order chi connectivity index (χ1) is 12.0. The summed E-state index contributed by atoms with van der Waals surface area (Å²) in [5, 5.41) is 6.88. The number of ether oxygens (including phenoxy) is 2. The number of morpholine rings is 2. The summed E-state index contributed by atoms with van der Waals surface area (Å²) in [7, 11) is 0. The molecular formula is C18H38IN5O2. The predicted octanol–water partition coefficient (Wildman–Crippen LogP) is 0.991. The molecular weight excluding hydrogens is 445 g/mol. The quantitative estimate of drug-likeness (QED) is 0.320. The largest absolute Gasteiger partial charge is 0.379 e. The molecule has 2 fully saturated rings. The Morgan fingerprint density at radius 3 is 2.19 bits per heavy atom. The molecule has 0 aliphatic carbocycles. The lowest BCUT2D eigenvalue weighted by Gasteiger charge is -2.40. The summed E-state index contributed by atoms with van der Waals surface area (Å²) in [6.45, 7) is 18.8. The molecule has 0 saturated carbocycles. The minimum absolute atomic E-state index is 0. The van der Waals surface area contributed by atoms with Crippen molar-refractivity contribution >= 4 is 29.9 Å². The van der Waals surface area contributed by atoms with Crippen LogP contribution in [-0.4, -0.2) is 99.6 Å². The average molecular weight is 483 g/mol. The van der Waals surface area contributed by atoms with Gasteiger partial charge < -0.3 is 20.1 Å². The molecule has 1 atom stereocenters. The molecule has 0 aromatic heterocycles. The van der Waals surface area contributed by atoms with Crippen LogP contribution >= 0.6 is 24.0 Å². The van der Waals surface area contributed by atoms with E-state index in [1.165, 1.54) is 0 Å². The summed E-state index contributed by atoms with van der Waals surface area (Å²) in [5.74, 6) is 0.906. The number of aliphatic imine (C=N–C) groups is 1. The number of rotatable bonds is 7. The van der Waals surface area contributed by atoms with Gasteiger partial charge in [0.05, 0.1) is 33.0 Å². The number of nitrogens with one attached hydrogen (secondary N) is 2. The molecule has 2 aliphatic rings. The highest BCUT2D eigenvalue weighted by atomic mass is 127. The number of nitrogens with zero attached hydrogens (tertiary/aromatic N) is 3. The molecule has 2 saturated heterocycles. The van der Waals surface area contributed by atoms with E-state index in [-0.39, 0.29) is 29.5 Å². The highest BCUT2D eigenvalue weighted by Gasteiger charge is 2.28. The molecule has 0 spiro atoms. The second kappa shape index (κ2) is 12.3. The molecule has 7 nitrogen and oxygen atoms in total. The van der Waals surface area contributed by atoms with Crippen LogP contribution in [0, 0.1) is 0 Å². The standard InChI is InChI=1S/C18H37N5O2.HI/c1-5-19-17(20-14-16(2)22-6-10-24-11-7-22)21-15-18(3,4)23-8-12-25-13-9-23;/h16H,5-15H2,1-4H3,(H2,19,20,21);1H. The van der Waals surface area contributed by atoms with Gasteiger partial charge in [-0.3, -0.25) is 14.8 Å². The number of hydrogen-bond acceptors (Lipinski definition) is 5. The second-order valence-electron chi connectivity index (χ2n) is 7.49. The van der Waals surface area contributed by atoms with Crippen LogP contribution in [0.5, 0.6) is 0 Å². The molecule has 8 heteroatoms. The molecule has 2 aliphatic heterocycles. The van der Waals surface area contributed by atoms with Crippen LogP contribution < -0.4 is 10.6 Å². The third-order valence-electron chi connectivity index (χ3n) is 5.07. The third-order valence-corrected chi connectivity index (χ3v) is 5.07. The van der Waals surface area contributed by atoms with Crippen molar-refractivity contribution in [2.24, 2.45) is 4.99 Å². The van der Waals surface area contributed by atoms with Gasteiger partial charge in [0.2, 0.25) is 0 Å². The number of hydrogen-bond donors (Lipinski definition) is 2. The van der Waals surface area contributed by atoms with Gasteiger partial charge in [-0.05, 0) is 27.7 Å². The minimum atomic E-state index is 0. The van der Waals surface area contributed by atoms with Crippen LogP contribution in [0.15, 0.2) is 4.99 Å². The van der Waals surface area contributed by atoms with Gasteiger partial charge in [-0.15, -0.1) is 24.0 Å². The molecule has 0 aromatic rings. The van der Waals surface area contributed by atoms with E-state index in [4.69, 9.17) is 14.5 Å². The Kier molecular flexibility index (Phi) is 11.3. The lowest BCUT2D eigenvalue weighted by atomic mass is 10.0. The van der Waals surface area contributed by atoms with Crippen LogP contribution in [0.3, 0.4) is 0 Å². The molecule has 154 valence electrons. The Morgan fingerprint density at radius 2 is 1.62 bits per heavy atom. The van der Waals surface area contributed by atoms with Gasteiger partial charge in [-0.25, -0.2) is 0 Å². The fourth-order valence-electron chi connectivity index (χ4n) is 3.27. The summed E-state index contributed by atoms with van der Waals surface area (Å²) in [4.78, 5) is 9.79. The van der Waals surface area contributed by atoms with E-state index in [1.807, 2.05) is 0 Å². The van der Waals surface area contributed by atoms with Crippen molar-refractivity contribution in [1.82, 2.24) is 20.4 Å². The molecule has 0 amide bonds. The van der Waals surface area contributed by atoms with Crippen LogP contribution in [0.2, 0.25) is 0 Å². The van der Waals surface area contributed by atoms with Crippen molar-refractivity contribution in [3.8, 4) is 0 Å². The zero-order valence-corrected chi connectivity index (χ0v) is 19.3. The van der Waals surface area contributed by atoms with Crippen molar-refractivity contribution in [2.45, 2.75) is 39.3 Å². The monoisotopic (exact) mass is 483 g/mol. The van der Waals surface area contributed by atoms with E-state index in [1.54, 1.807) is 0 Å². The van der Waals surface area contributed by atoms with Crippen molar-refractivity contribution in [3.63, 3.8) is 0 Å². The summed E-state index contributed by atoms with van der Waals surface area (Å²) < 4.78 is 10.9. The van der Waals surface area contributed by atoms with E-state index >= 15 is 0 Å². The fraction of sp³-hybridized carbons (Fsp3) is 0.944. The van der Waals surface area contributed by atoms with Crippen molar-refractivity contribution in [1.29, 1.82) is 0 Å². The van der Waals surface area contributed by atoms with Gasteiger partial charge in [0.1, 0.15) is 0 Å². The molecule has 2 heterocycles. The maximum absolute atomic E-state index is 5.47. The predicted molar refractivity (Wildman–Crippen MR) is 118 cm³/mol. The summed E-state index contributed by atoms with van der Waals surface area (Å²) in [6, 6.07) is 0.472. The normalized spacial score (nSPS) is 21.8. The van der Waals surface area contributed by atoms with E-state index in [9.17, 15) is 0 Å². The van der Waals surface area contributed by atoms with E-state index in [0.29, 0.717) is 6.04 Å². The first-order valence-electron chi connectivity index (χ1n) is 9.69. The Morgan fingerprint density at radius 1 is 1.04 bits per heavy atom. The molecule has 0 bridgehead atoms. The molecule has 2 N–H and O–H groups in total. The van der Waals surface area contributed by atoms with E-state index < -0.39 is 0 Å². The van der Waals surface area contributed by atoms with Gasteiger partial charge in [-0.1, -0.05) is 0 Å². The minimum Gasteiger partial charge on any atom is -0.379 e. The summed E-state index contributed by atoms with van der Waals surface area (Å²) in [6.07, 6.45) is 0. The van der Waals surface area contributed by atoms with E-state index in [2.05, 4.69) is 48.1 Å². The van der Waals surface area contributed by atoms with E-state index in [0.717, 1.165) is 78.2 Å².